The zero-order valence-corrected chi connectivity index (χ0v) is 14.9. The molecule has 5 nitrogen and oxygen atoms in total. The molecule has 2 heterocycles. The quantitative estimate of drug-likeness (QED) is 0.624. The second-order valence-electron chi connectivity index (χ2n) is 5.81. The number of fused-ring (bicyclic) bond motifs is 2. The second-order valence-corrected chi connectivity index (χ2v) is 6.73. The molecule has 6 heteroatoms. The highest BCUT2D eigenvalue weighted by molar-refractivity contribution is 9.10. The summed E-state index contributed by atoms with van der Waals surface area (Å²) in [6, 6.07) is 8.42. The van der Waals surface area contributed by atoms with Crippen LogP contribution in [-0.4, -0.2) is 20.6 Å². The van der Waals surface area contributed by atoms with Crippen molar-refractivity contribution in [2.24, 2.45) is 0 Å². The molecule has 1 aromatic heterocycles. The predicted molar refractivity (Wildman–Crippen MR) is 98.0 cm³/mol. The highest BCUT2D eigenvalue weighted by Crippen LogP contribution is 2.41. The first kappa shape index (κ1) is 15.8. The van der Waals surface area contributed by atoms with Gasteiger partial charge in [-0.05, 0) is 31.2 Å². The number of ether oxygens (including phenoxy) is 1. The molecular formula is C19H14BrNO4. The molecule has 0 amide bonds. The number of Topliss-reactive ketones (excluding diaryl/α,β-unsaturated/α-hetero) is 1. The zero-order valence-electron chi connectivity index (χ0n) is 13.3. The average molecular weight is 400 g/mol. The first-order chi connectivity index (χ1) is 12.0. The van der Waals surface area contributed by atoms with Crippen LogP contribution < -0.4 is 4.74 Å². The molecule has 126 valence electrons. The number of aryl methyl sites for hydroxylation is 1. The van der Waals surface area contributed by atoms with E-state index in [0.29, 0.717) is 0 Å². The van der Waals surface area contributed by atoms with E-state index < -0.39 is 5.78 Å². The van der Waals surface area contributed by atoms with Crippen LogP contribution in [0.4, 0.5) is 0 Å². The van der Waals surface area contributed by atoms with Gasteiger partial charge in [-0.1, -0.05) is 15.9 Å². The number of ketones is 1. The third-order valence-electron chi connectivity index (χ3n) is 4.24. The third-order valence-corrected chi connectivity index (χ3v) is 4.73. The minimum Gasteiger partial charge on any atom is -0.508 e. The molecule has 1 aliphatic rings. The Balaban J connectivity index is 1.85. The summed E-state index contributed by atoms with van der Waals surface area (Å²) in [7, 11) is 0. The van der Waals surface area contributed by atoms with Crippen molar-refractivity contribution in [3.05, 3.63) is 57.9 Å². The lowest BCUT2D eigenvalue weighted by molar-refractivity contribution is 0.101. The highest BCUT2D eigenvalue weighted by atomic mass is 79.9. The molecule has 0 radical (unpaired) electrons. The van der Waals surface area contributed by atoms with Gasteiger partial charge < -0.3 is 19.5 Å². The van der Waals surface area contributed by atoms with E-state index >= 15 is 0 Å². The summed E-state index contributed by atoms with van der Waals surface area (Å²) >= 11 is 3.47. The minimum absolute atomic E-state index is 0.0736. The van der Waals surface area contributed by atoms with E-state index in [0.717, 1.165) is 33.6 Å². The van der Waals surface area contributed by atoms with Crippen molar-refractivity contribution >= 4 is 38.7 Å². The number of carbonyl (C=O) groups is 1. The van der Waals surface area contributed by atoms with Crippen LogP contribution in [0.25, 0.3) is 17.0 Å². The average Bonchev–Trinajstić information content (AvgIpc) is 3.05. The molecule has 0 unspecified atom stereocenters. The van der Waals surface area contributed by atoms with Gasteiger partial charge in [0.2, 0.25) is 5.78 Å². The van der Waals surface area contributed by atoms with Crippen LogP contribution in [0.1, 0.15) is 22.8 Å². The summed E-state index contributed by atoms with van der Waals surface area (Å²) in [5.74, 6) is -0.570. The molecule has 0 saturated heterocycles. The number of phenols is 2. The van der Waals surface area contributed by atoms with Crippen molar-refractivity contribution in [2.75, 3.05) is 0 Å². The van der Waals surface area contributed by atoms with Crippen molar-refractivity contribution in [1.29, 1.82) is 0 Å². The summed E-state index contributed by atoms with van der Waals surface area (Å²) in [5.41, 5.74) is 1.98. The molecule has 1 aliphatic heterocycles. The summed E-state index contributed by atoms with van der Waals surface area (Å²) in [6.07, 6.45) is 3.63. The van der Waals surface area contributed by atoms with Gasteiger partial charge in [0.1, 0.15) is 22.8 Å². The lowest BCUT2D eigenvalue weighted by atomic mass is 10.1. The first-order valence-corrected chi connectivity index (χ1v) is 8.56. The van der Waals surface area contributed by atoms with Gasteiger partial charge in [0, 0.05) is 45.8 Å². The Morgan fingerprint density at radius 3 is 2.80 bits per heavy atom. The van der Waals surface area contributed by atoms with E-state index in [4.69, 9.17) is 4.74 Å². The van der Waals surface area contributed by atoms with E-state index in [-0.39, 0.29) is 28.6 Å². The molecule has 0 spiro atoms. The standard InChI is InChI=1S/C19H14BrNO4/c1-2-21-9-10(13-6-11(20)3-4-14(13)21)5-17-19(24)18-15(23)7-12(22)8-16(18)25-17/h3-9,22-23H,2H2,1H3/b17-5-. The molecule has 0 bridgehead atoms. The largest absolute Gasteiger partial charge is 0.508 e. The number of halogens is 1. The maximum atomic E-state index is 12.6. The number of phenolic OH excluding ortho intramolecular Hbond substituents is 2. The van der Waals surface area contributed by atoms with Gasteiger partial charge >= 0.3 is 0 Å². The lowest BCUT2D eigenvalue weighted by Gasteiger charge is -2.00. The van der Waals surface area contributed by atoms with Gasteiger partial charge in [-0.2, -0.15) is 0 Å². The normalized spacial score (nSPS) is 15.0. The van der Waals surface area contributed by atoms with Crippen LogP contribution in [0.2, 0.25) is 0 Å². The number of aromatic hydroxyl groups is 2. The smallest absolute Gasteiger partial charge is 0.235 e. The van der Waals surface area contributed by atoms with Crippen molar-refractivity contribution < 1.29 is 19.7 Å². The number of carbonyl (C=O) groups excluding carboxylic acids is 1. The highest BCUT2D eigenvalue weighted by Gasteiger charge is 2.31. The van der Waals surface area contributed by atoms with Gasteiger partial charge in [-0.25, -0.2) is 0 Å². The number of benzene rings is 2. The molecule has 2 aromatic carbocycles. The van der Waals surface area contributed by atoms with Gasteiger partial charge in [0.15, 0.2) is 5.76 Å². The van der Waals surface area contributed by atoms with Crippen LogP contribution >= 0.6 is 15.9 Å². The van der Waals surface area contributed by atoms with Crippen LogP contribution in [-0.2, 0) is 6.54 Å². The Morgan fingerprint density at radius 2 is 2.04 bits per heavy atom. The van der Waals surface area contributed by atoms with Crippen molar-refractivity contribution in [2.45, 2.75) is 13.5 Å². The molecule has 4 rings (SSSR count). The Labute approximate surface area is 151 Å². The Kier molecular flexibility index (Phi) is 3.58. The summed E-state index contributed by atoms with van der Waals surface area (Å²) in [4.78, 5) is 12.6. The monoisotopic (exact) mass is 399 g/mol. The number of hydrogen-bond acceptors (Lipinski definition) is 4. The summed E-state index contributed by atoms with van der Waals surface area (Å²) in [5, 5.41) is 20.5. The molecule has 0 atom stereocenters. The molecular weight excluding hydrogens is 386 g/mol. The SMILES string of the molecule is CCn1cc(/C=C2\Oc3cc(O)cc(O)c3C2=O)c2cc(Br)ccc21. The van der Waals surface area contributed by atoms with E-state index in [2.05, 4.69) is 20.5 Å². The molecule has 0 fully saturated rings. The molecule has 2 N–H and O–H groups in total. The van der Waals surface area contributed by atoms with Gasteiger partial charge in [-0.3, -0.25) is 4.79 Å². The molecule has 25 heavy (non-hydrogen) atoms. The number of allylic oxidation sites excluding steroid dienone is 1. The van der Waals surface area contributed by atoms with Crippen LogP contribution in [0.3, 0.4) is 0 Å². The molecule has 0 saturated carbocycles. The minimum atomic E-state index is -0.403. The van der Waals surface area contributed by atoms with Crippen LogP contribution in [0.5, 0.6) is 17.2 Å². The lowest BCUT2D eigenvalue weighted by Crippen LogP contribution is -1.98. The van der Waals surface area contributed by atoms with Gasteiger partial charge in [0.05, 0.1) is 0 Å². The van der Waals surface area contributed by atoms with Crippen LogP contribution in [0, 0.1) is 0 Å². The fourth-order valence-electron chi connectivity index (χ4n) is 3.09. The fourth-order valence-corrected chi connectivity index (χ4v) is 3.45. The van der Waals surface area contributed by atoms with Crippen LogP contribution in [0.15, 0.2) is 46.8 Å². The Bertz CT molecular complexity index is 1060. The van der Waals surface area contributed by atoms with E-state index in [9.17, 15) is 15.0 Å². The van der Waals surface area contributed by atoms with Crippen molar-refractivity contribution in [3.8, 4) is 17.2 Å². The van der Waals surface area contributed by atoms with E-state index in [1.54, 1.807) is 6.08 Å². The third kappa shape index (κ3) is 2.49. The van der Waals surface area contributed by atoms with Gasteiger partial charge in [-0.15, -0.1) is 0 Å². The Morgan fingerprint density at radius 1 is 1.24 bits per heavy atom. The number of rotatable bonds is 2. The maximum Gasteiger partial charge on any atom is 0.235 e. The van der Waals surface area contributed by atoms with E-state index in [1.165, 1.54) is 6.07 Å². The maximum absolute atomic E-state index is 12.6. The van der Waals surface area contributed by atoms with Crippen molar-refractivity contribution in [1.82, 2.24) is 4.57 Å². The van der Waals surface area contributed by atoms with E-state index in [1.807, 2.05) is 31.3 Å². The molecule has 3 aromatic rings. The fraction of sp³-hybridized carbons (Fsp3) is 0.105. The summed E-state index contributed by atoms with van der Waals surface area (Å²) < 4.78 is 8.61. The zero-order chi connectivity index (χ0) is 17.7. The second kappa shape index (κ2) is 5.67. The first-order valence-electron chi connectivity index (χ1n) is 7.76. The topological polar surface area (TPSA) is 71.7 Å². The summed E-state index contributed by atoms with van der Waals surface area (Å²) in [6.45, 7) is 2.84. The number of hydrogen-bond donors (Lipinski definition) is 2. The predicted octanol–water partition coefficient (Wildman–Crippen LogP) is 4.45. The number of nitrogens with zero attached hydrogens (tertiary/aromatic N) is 1. The number of aromatic nitrogens is 1. The molecule has 0 aliphatic carbocycles. The Hall–Kier alpha value is -2.73. The van der Waals surface area contributed by atoms with Gasteiger partial charge in [0.25, 0.3) is 0 Å². The van der Waals surface area contributed by atoms with Crippen molar-refractivity contribution in [3.63, 3.8) is 0 Å².